The van der Waals surface area contributed by atoms with Crippen molar-refractivity contribution in [1.29, 1.82) is 0 Å². The number of nitrogens with one attached hydrogen (secondary N) is 2. The molecule has 7 heteroatoms. The number of aliphatic hydroxyl groups is 1. The molecule has 26 heavy (non-hydrogen) atoms. The molecule has 3 N–H and O–H groups in total. The highest BCUT2D eigenvalue weighted by Gasteiger charge is 2.56. The molecular formula is C19H22N4O3. The van der Waals surface area contributed by atoms with Crippen LogP contribution in [0.3, 0.4) is 0 Å². The molecule has 1 saturated carbocycles. The van der Waals surface area contributed by atoms with Crippen LogP contribution in [0.2, 0.25) is 0 Å². The topological polar surface area (TPSA) is 86.6 Å². The van der Waals surface area contributed by atoms with E-state index in [0.29, 0.717) is 18.5 Å². The lowest BCUT2D eigenvalue weighted by Gasteiger charge is -2.29. The van der Waals surface area contributed by atoms with Gasteiger partial charge in [-0.05, 0) is 24.1 Å². The highest BCUT2D eigenvalue weighted by molar-refractivity contribution is 5.93. The van der Waals surface area contributed by atoms with Crippen LogP contribution >= 0.6 is 0 Å². The number of hydrogen-bond donors (Lipinski definition) is 3. The lowest BCUT2D eigenvalue weighted by molar-refractivity contribution is -0.0551. The van der Waals surface area contributed by atoms with E-state index in [1.807, 2.05) is 47.0 Å². The first-order valence-electron chi connectivity index (χ1n) is 8.71. The summed E-state index contributed by atoms with van der Waals surface area (Å²) in [5.74, 6) is -0.173. The average molecular weight is 354 g/mol. The summed E-state index contributed by atoms with van der Waals surface area (Å²) in [4.78, 5) is 25.6. The Hall–Kier alpha value is -2.80. The summed E-state index contributed by atoms with van der Waals surface area (Å²) >= 11 is 0. The number of hydrogen-bond acceptors (Lipinski definition) is 3. The van der Waals surface area contributed by atoms with Crippen LogP contribution in [-0.2, 0) is 0 Å². The largest absolute Gasteiger partial charge is 0.369 e. The number of rotatable bonds is 3. The molecule has 2 aliphatic rings. The zero-order valence-electron chi connectivity index (χ0n) is 14.8. The van der Waals surface area contributed by atoms with E-state index in [9.17, 15) is 14.7 Å². The zero-order chi connectivity index (χ0) is 18.5. The molecule has 1 aliphatic carbocycles. The van der Waals surface area contributed by atoms with Gasteiger partial charge in [-0.15, -0.1) is 0 Å². The molecule has 0 unspecified atom stereocenters. The van der Waals surface area contributed by atoms with Gasteiger partial charge in [-0.1, -0.05) is 30.3 Å². The van der Waals surface area contributed by atoms with Crippen molar-refractivity contribution in [3.8, 4) is 11.3 Å². The number of carbonyl (C=O) groups is 2. The molecule has 0 radical (unpaired) electrons. The summed E-state index contributed by atoms with van der Waals surface area (Å²) in [5.41, 5.74) is 1.24. The molecular weight excluding hydrogens is 332 g/mol. The van der Waals surface area contributed by atoms with Gasteiger partial charge >= 0.3 is 6.03 Å². The maximum Gasteiger partial charge on any atom is 0.319 e. The molecule has 3 amide bonds. The third-order valence-corrected chi connectivity index (χ3v) is 5.60. The Bertz CT molecular complexity index is 863. The van der Waals surface area contributed by atoms with Crippen LogP contribution in [0, 0.1) is 0 Å². The Balaban J connectivity index is 1.78. The van der Waals surface area contributed by atoms with E-state index in [-0.39, 0.29) is 24.0 Å². The SMILES string of the molecule is CNC(=O)c1ccc(-c2ccccc2)n1[C@H]1C[C@@H]2NC(=O)N(C)[C@]2(O)C1. The van der Waals surface area contributed by atoms with E-state index in [4.69, 9.17) is 0 Å². The molecule has 0 spiro atoms. The minimum Gasteiger partial charge on any atom is -0.369 e. The Kier molecular flexibility index (Phi) is 3.77. The highest BCUT2D eigenvalue weighted by Crippen LogP contribution is 2.45. The van der Waals surface area contributed by atoms with Crippen LogP contribution in [0.4, 0.5) is 4.79 Å². The number of fused-ring (bicyclic) bond motifs is 1. The van der Waals surface area contributed by atoms with E-state index in [0.717, 1.165) is 11.3 Å². The summed E-state index contributed by atoms with van der Waals surface area (Å²) in [7, 11) is 3.21. The highest BCUT2D eigenvalue weighted by atomic mass is 16.3. The van der Waals surface area contributed by atoms with Crippen molar-refractivity contribution in [1.82, 2.24) is 20.1 Å². The van der Waals surface area contributed by atoms with Gasteiger partial charge in [0.05, 0.1) is 6.04 Å². The van der Waals surface area contributed by atoms with Crippen molar-refractivity contribution in [2.45, 2.75) is 30.7 Å². The molecule has 1 aliphatic heterocycles. The molecule has 3 atom stereocenters. The Morgan fingerprint density at radius 1 is 1.27 bits per heavy atom. The first-order chi connectivity index (χ1) is 12.5. The number of benzene rings is 1. The molecule has 1 aromatic heterocycles. The van der Waals surface area contributed by atoms with Crippen LogP contribution < -0.4 is 10.6 Å². The van der Waals surface area contributed by atoms with E-state index < -0.39 is 5.72 Å². The van der Waals surface area contributed by atoms with Gasteiger partial charge in [-0.2, -0.15) is 0 Å². The molecule has 7 nitrogen and oxygen atoms in total. The standard InChI is InChI=1S/C19H22N4O3/c1-20-17(24)15-9-8-14(12-6-4-3-5-7-12)23(15)13-10-16-19(26,11-13)22(2)18(25)21-16/h3-9,13,16,26H,10-11H2,1-2H3,(H,20,24)(H,21,25)/t13-,16-,19-/m0/s1. The fraction of sp³-hybridized carbons (Fsp3) is 0.368. The second-order valence-electron chi connectivity index (χ2n) is 6.95. The third kappa shape index (κ3) is 2.31. The molecule has 2 fully saturated rings. The normalized spacial score (nSPS) is 27.3. The van der Waals surface area contributed by atoms with Gasteiger partial charge in [-0.3, -0.25) is 9.69 Å². The number of urea groups is 1. The third-order valence-electron chi connectivity index (χ3n) is 5.60. The fourth-order valence-electron chi connectivity index (χ4n) is 4.20. The van der Waals surface area contributed by atoms with Gasteiger partial charge < -0.3 is 20.3 Å². The summed E-state index contributed by atoms with van der Waals surface area (Å²) in [5, 5.41) is 16.5. The zero-order valence-corrected chi connectivity index (χ0v) is 14.8. The average Bonchev–Trinajstić information content (AvgIpc) is 3.28. The van der Waals surface area contributed by atoms with Crippen LogP contribution in [-0.4, -0.2) is 52.4 Å². The Morgan fingerprint density at radius 2 is 2.00 bits per heavy atom. The van der Waals surface area contributed by atoms with Gasteiger partial charge in [0.2, 0.25) is 0 Å². The minimum absolute atomic E-state index is 0.106. The molecule has 1 saturated heterocycles. The smallest absolute Gasteiger partial charge is 0.319 e. The van der Waals surface area contributed by atoms with Crippen LogP contribution in [0.1, 0.15) is 29.4 Å². The van der Waals surface area contributed by atoms with E-state index in [2.05, 4.69) is 10.6 Å². The van der Waals surface area contributed by atoms with Gasteiger partial charge in [0.1, 0.15) is 5.69 Å². The molecule has 1 aromatic carbocycles. The molecule has 4 rings (SSSR count). The van der Waals surface area contributed by atoms with Gasteiger partial charge in [0, 0.05) is 32.3 Å². The van der Waals surface area contributed by atoms with E-state index in [1.165, 1.54) is 4.90 Å². The fourth-order valence-corrected chi connectivity index (χ4v) is 4.20. The second kappa shape index (κ2) is 5.88. The quantitative estimate of drug-likeness (QED) is 0.782. The Labute approximate surface area is 151 Å². The van der Waals surface area contributed by atoms with Crippen molar-refractivity contribution in [3.63, 3.8) is 0 Å². The minimum atomic E-state index is -1.24. The monoisotopic (exact) mass is 354 g/mol. The van der Waals surface area contributed by atoms with Crippen molar-refractivity contribution < 1.29 is 14.7 Å². The molecule has 0 bridgehead atoms. The second-order valence-corrected chi connectivity index (χ2v) is 6.95. The van der Waals surface area contributed by atoms with Crippen molar-refractivity contribution in [2.24, 2.45) is 0 Å². The maximum absolute atomic E-state index is 12.4. The predicted molar refractivity (Wildman–Crippen MR) is 96.6 cm³/mol. The maximum atomic E-state index is 12.4. The first kappa shape index (κ1) is 16.7. The first-order valence-corrected chi connectivity index (χ1v) is 8.71. The molecule has 2 heterocycles. The van der Waals surface area contributed by atoms with Crippen LogP contribution in [0.15, 0.2) is 42.5 Å². The summed E-state index contributed by atoms with van der Waals surface area (Å²) in [6.45, 7) is 0. The van der Waals surface area contributed by atoms with E-state index >= 15 is 0 Å². The van der Waals surface area contributed by atoms with Crippen molar-refractivity contribution in [2.75, 3.05) is 14.1 Å². The van der Waals surface area contributed by atoms with E-state index in [1.54, 1.807) is 14.1 Å². The summed E-state index contributed by atoms with van der Waals surface area (Å²) in [6.07, 6.45) is 0.927. The predicted octanol–water partition coefficient (Wildman–Crippen LogP) is 1.56. The van der Waals surface area contributed by atoms with Gasteiger partial charge in [0.15, 0.2) is 5.72 Å². The number of aromatic nitrogens is 1. The van der Waals surface area contributed by atoms with Crippen LogP contribution in [0.25, 0.3) is 11.3 Å². The Morgan fingerprint density at radius 3 is 2.65 bits per heavy atom. The summed E-state index contributed by atoms with van der Waals surface area (Å²) in [6, 6.07) is 12.9. The summed E-state index contributed by atoms with van der Waals surface area (Å²) < 4.78 is 1.99. The van der Waals surface area contributed by atoms with Gasteiger partial charge in [0.25, 0.3) is 5.91 Å². The van der Waals surface area contributed by atoms with Crippen LogP contribution in [0.5, 0.6) is 0 Å². The lowest BCUT2D eigenvalue weighted by atomic mass is 10.1. The number of nitrogens with zero attached hydrogens (tertiary/aromatic N) is 2. The lowest BCUT2D eigenvalue weighted by Crippen LogP contribution is -2.46. The molecule has 136 valence electrons. The van der Waals surface area contributed by atoms with Crippen molar-refractivity contribution in [3.05, 3.63) is 48.2 Å². The number of likely N-dealkylation sites (N-methyl/N-ethyl adjacent to an activating group) is 1. The number of carbonyl (C=O) groups excluding carboxylic acids is 2. The van der Waals surface area contributed by atoms with Gasteiger partial charge in [-0.25, -0.2) is 4.79 Å². The van der Waals surface area contributed by atoms with Crippen molar-refractivity contribution >= 4 is 11.9 Å². The number of amides is 3. The molecule has 2 aromatic rings.